The molecule has 0 spiro atoms. The number of nitrogens with one attached hydrogen (secondary N) is 1. The first-order chi connectivity index (χ1) is 6.66. The van der Waals surface area contributed by atoms with Gasteiger partial charge in [-0.25, -0.2) is 0 Å². The highest BCUT2D eigenvalue weighted by molar-refractivity contribution is 6.17. The fourth-order valence-corrected chi connectivity index (χ4v) is 1.47. The molecule has 0 radical (unpaired) electrons. The summed E-state index contributed by atoms with van der Waals surface area (Å²) >= 11 is 5.64. The van der Waals surface area contributed by atoms with E-state index in [1.54, 1.807) is 0 Å². The Morgan fingerprint density at radius 3 is 2.20 bits per heavy atom. The van der Waals surface area contributed by atoms with E-state index in [1.165, 1.54) is 0 Å². The molecule has 0 bridgehead atoms. The van der Waals surface area contributed by atoms with Gasteiger partial charge in [-0.1, -0.05) is 0 Å². The molecule has 15 heavy (non-hydrogen) atoms. The average Bonchev–Trinajstić information content (AvgIpc) is 1.98. The number of halogens is 1. The molecule has 0 aliphatic carbocycles. The molecular weight excluding hydrogens is 214 g/mol. The van der Waals surface area contributed by atoms with E-state index >= 15 is 0 Å². The summed E-state index contributed by atoms with van der Waals surface area (Å²) < 4.78 is 5.37. The highest BCUT2D eigenvalue weighted by atomic mass is 35.5. The van der Waals surface area contributed by atoms with Crippen molar-refractivity contribution in [2.45, 2.75) is 52.2 Å². The van der Waals surface area contributed by atoms with Gasteiger partial charge < -0.3 is 10.1 Å². The zero-order valence-corrected chi connectivity index (χ0v) is 11.1. The number of hydrogen-bond donors (Lipinski definition) is 1. The van der Waals surface area contributed by atoms with Gasteiger partial charge in [0.25, 0.3) is 0 Å². The second kappa shape index (κ2) is 5.71. The Labute approximate surface area is 97.5 Å². The third-order valence-electron chi connectivity index (χ3n) is 1.83. The van der Waals surface area contributed by atoms with Gasteiger partial charge in [-0.2, -0.15) is 0 Å². The Hall–Kier alpha value is -0.280. The Kier molecular flexibility index (Phi) is 5.60. The van der Waals surface area contributed by atoms with E-state index in [0.717, 1.165) is 6.42 Å². The average molecular weight is 236 g/mol. The van der Waals surface area contributed by atoms with Gasteiger partial charge in [-0.15, -0.1) is 11.6 Å². The summed E-state index contributed by atoms with van der Waals surface area (Å²) in [7, 11) is 0. The molecule has 0 saturated heterocycles. The van der Waals surface area contributed by atoms with Crippen molar-refractivity contribution in [3.8, 4) is 0 Å². The van der Waals surface area contributed by atoms with Crippen molar-refractivity contribution in [1.29, 1.82) is 0 Å². The molecule has 0 fully saturated rings. The van der Waals surface area contributed by atoms with Crippen molar-refractivity contribution < 1.29 is 9.53 Å². The predicted molar refractivity (Wildman–Crippen MR) is 63.3 cm³/mol. The van der Waals surface area contributed by atoms with Crippen LogP contribution in [-0.2, 0) is 9.53 Å². The summed E-state index contributed by atoms with van der Waals surface area (Å²) in [4.78, 5) is 11.5. The van der Waals surface area contributed by atoms with Crippen LogP contribution in [-0.4, -0.2) is 29.5 Å². The van der Waals surface area contributed by atoms with Gasteiger partial charge in [0.05, 0.1) is 5.60 Å². The van der Waals surface area contributed by atoms with E-state index in [2.05, 4.69) is 5.32 Å². The molecule has 0 heterocycles. The van der Waals surface area contributed by atoms with Crippen molar-refractivity contribution >= 4 is 17.5 Å². The van der Waals surface area contributed by atoms with Crippen molar-refractivity contribution in [3.63, 3.8) is 0 Å². The Bertz CT molecular complexity index is 209. The van der Waals surface area contributed by atoms with Gasteiger partial charge >= 0.3 is 0 Å². The smallest absolute Gasteiger partial charge is 0.246 e. The number of alkyl halides is 1. The maximum absolute atomic E-state index is 11.5. The highest BCUT2D eigenvalue weighted by Gasteiger charge is 2.20. The van der Waals surface area contributed by atoms with Crippen LogP contribution in [0.2, 0.25) is 0 Å². The first kappa shape index (κ1) is 14.7. The summed E-state index contributed by atoms with van der Waals surface area (Å²) in [5, 5.41) is 2.88. The quantitative estimate of drug-likeness (QED) is 0.743. The van der Waals surface area contributed by atoms with Crippen LogP contribution in [0.4, 0.5) is 0 Å². The van der Waals surface area contributed by atoms with Crippen LogP contribution >= 0.6 is 11.6 Å². The summed E-state index contributed by atoms with van der Waals surface area (Å²) in [6.07, 6.45) is 0.746. The van der Waals surface area contributed by atoms with Gasteiger partial charge in [0.2, 0.25) is 5.91 Å². The van der Waals surface area contributed by atoms with Crippen molar-refractivity contribution in [3.05, 3.63) is 0 Å². The molecule has 3 nitrogen and oxygen atoms in total. The first-order valence-electron chi connectivity index (χ1n) is 5.17. The monoisotopic (exact) mass is 235 g/mol. The lowest BCUT2D eigenvalue weighted by Gasteiger charge is -2.26. The van der Waals surface area contributed by atoms with Crippen LogP contribution in [0, 0.1) is 0 Å². The minimum Gasteiger partial charge on any atom is -0.366 e. The van der Waals surface area contributed by atoms with E-state index in [-0.39, 0.29) is 23.7 Å². The molecule has 0 aromatic rings. The number of carbonyl (C=O) groups is 1. The standard InChI is InChI=1S/C11H22ClNO2/c1-10(2,3)15-8-9(14)13-11(4,5)6-7-12/h6-8H2,1-5H3,(H,13,14). The van der Waals surface area contributed by atoms with Crippen LogP contribution < -0.4 is 5.32 Å². The zero-order valence-electron chi connectivity index (χ0n) is 10.3. The van der Waals surface area contributed by atoms with E-state index < -0.39 is 0 Å². The lowest BCUT2D eigenvalue weighted by Crippen LogP contribution is -2.46. The van der Waals surface area contributed by atoms with E-state index in [9.17, 15) is 4.79 Å². The zero-order chi connectivity index (χ0) is 12.1. The Morgan fingerprint density at radius 1 is 1.27 bits per heavy atom. The fourth-order valence-electron chi connectivity index (χ4n) is 0.994. The van der Waals surface area contributed by atoms with Gasteiger partial charge in [-0.05, 0) is 41.0 Å². The fraction of sp³-hybridized carbons (Fsp3) is 0.909. The molecular formula is C11H22ClNO2. The second-order valence-corrected chi connectivity index (χ2v) is 5.65. The largest absolute Gasteiger partial charge is 0.366 e. The molecule has 0 aliphatic rings. The lowest BCUT2D eigenvalue weighted by atomic mass is 10.0. The first-order valence-corrected chi connectivity index (χ1v) is 5.71. The SMILES string of the molecule is CC(C)(CCCl)NC(=O)COC(C)(C)C. The molecule has 0 saturated carbocycles. The molecule has 0 atom stereocenters. The van der Waals surface area contributed by atoms with Gasteiger partial charge in [-0.3, -0.25) is 4.79 Å². The lowest BCUT2D eigenvalue weighted by molar-refractivity contribution is -0.132. The maximum atomic E-state index is 11.5. The topological polar surface area (TPSA) is 38.3 Å². The van der Waals surface area contributed by atoms with Crippen LogP contribution in [0.3, 0.4) is 0 Å². The normalized spacial score (nSPS) is 12.7. The molecule has 0 aromatic heterocycles. The molecule has 0 unspecified atom stereocenters. The van der Waals surface area contributed by atoms with Crippen LogP contribution in [0.1, 0.15) is 41.0 Å². The Balaban J connectivity index is 3.93. The third kappa shape index (κ3) is 8.70. The molecule has 0 aromatic carbocycles. The maximum Gasteiger partial charge on any atom is 0.246 e. The molecule has 1 N–H and O–H groups in total. The van der Waals surface area contributed by atoms with Crippen molar-refractivity contribution in [2.75, 3.05) is 12.5 Å². The van der Waals surface area contributed by atoms with Crippen LogP contribution in [0.15, 0.2) is 0 Å². The Morgan fingerprint density at radius 2 is 1.80 bits per heavy atom. The summed E-state index contributed by atoms with van der Waals surface area (Å²) in [5.74, 6) is 0.438. The number of carbonyl (C=O) groups excluding carboxylic acids is 1. The van der Waals surface area contributed by atoms with Gasteiger partial charge in [0.1, 0.15) is 6.61 Å². The number of amides is 1. The molecule has 0 rings (SSSR count). The molecule has 90 valence electrons. The number of ether oxygens (including phenoxy) is 1. The summed E-state index contributed by atoms with van der Waals surface area (Å²) in [6.45, 7) is 9.75. The minimum atomic E-state index is -0.284. The number of rotatable bonds is 5. The van der Waals surface area contributed by atoms with E-state index in [1.807, 2.05) is 34.6 Å². The van der Waals surface area contributed by atoms with Gasteiger partial charge in [0, 0.05) is 11.4 Å². The van der Waals surface area contributed by atoms with Crippen LogP contribution in [0.5, 0.6) is 0 Å². The molecule has 4 heteroatoms. The van der Waals surface area contributed by atoms with Gasteiger partial charge in [0.15, 0.2) is 0 Å². The summed E-state index contributed by atoms with van der Waals surface area (Å²) in [6, 6.07) is 0. The van der Waals surface area contributed by atoms with Crippen molar-refractivity contribution in [2.24, 2.45) is 0 Å². The van der Waals surface area contributed by atoms with Crippen LogP contribution in [0.25, 0.3) is 0 Å². The third-order valence-corrected chi connectivity index (χ3v) is 2.02. The van der Waals surface area contributed by atoms with Crippen molar-refractivity contribution in [1.82, 2.24) is 5.32 Å². The highest BCUT2D eigenvalue weighted by Crippen LogP contribution is 2.10. The van der Waals surface area contributed by atoms with E-state index in [4.69, 9.17) is 16.3 Å². The predicted octanol–water partition coefficient (Wildman–Crippen LogP) is 2.33. The minimum absolute atomic E-state index is 0.0925. The molecule has 1 amide bonds. The summed E-state index contributed by atoms with van der Waals surface area (Å²) in [5.41, 5.74) is -0.548. The van der Waals surface area contributed by atoms with E-state index in [0.29, 0.717) is 5.88 Å². The second-order valence-electron chi connectivity index (χ2n) is 5.27. The molecule has 0 aliphatic heterocycles. The number of hydrogen-bond acceptors (Lipinski definition) is 2.